The molecule has 0 N–H and O–H groups in total. The first-order valence-electron chi connectivity index (χ1n) is 18.7. The third-order valence-electron chi connectivity index (χ3n) is 10.6. The lowest BCUT2D eigenvalue weighted by molar-refractivity contribution is 1.03. The van der Waals surface area contributed by atoms with Crippen molar-refractivity contribution in [3.05, 3.63) is 194 Å². The highest BCUT2D eigenvalue weighted by atomic mass is 15.1. The van der Waals surface area contributed by atoms with Gasteiger partial charge >= 0.3 is 0 Å². The molecule has 0 spiro atoms. The highest BCUT2D eigenvalue weighted by molar-refractivity contribution is 6.12. The van der Waals surface area contributed by atoms with Gasteiger partial charge in [-0.3, -0.25) is 4.57 Å². The van der Waals surface area contributed by atoms with Crippen LogP contribution in [0.2, 0.25) is 0 Å². The molecule has 6 heteroatoms. The van der Waals surface area contributed by atoms with Crippen molar-refractivity contribution < 1.29 is 0 Å². The Morgan fingerprint density at radius 3 is 1.12 bits per heavy atom. The van der Waals surface area contributed by atoms with Gasteiger partial charge in [-0.15, -0.1) is 0 Å². The predicted octanol–water partition coefficient (Wildman–Crippen LogP) is 12.1. The van der Waals surface area contributed by atoms with Gasteiger partial charge in [0.05, 0.1) is 33.3 Å². The van der Waals surface area contributed by atoms with Gasteiger partial charge in [-0.2, -0.15) is 0 Å². The normalized spacial score (nSPS) is 11.6. The van der Waals surface area contributed by atoms with Gasteiger partial charge in [0.15, 0.2) is 17.5 Å². The van der Waals surface area contributed by atoms with E-state index in [2.05, 4.69) is 137 Å². The van der Waals surface area contributed by atoms with Crippen molar-refractivity contribution in [3.63, 3.8) is 0 Å². The van der Waals surface area contributed by atoms with Gasteiger partial charge in [0.1, 0.15) is 5.82 Å². The molecule has 0 aliphatic heterocycles. The van der Waals surface area contributed by atoms with E-state index in [9.17, 15) is 0 Å². The average Bonchev–Trinajstić information content (AvgIpc) is 3.79. The Morgan fingerprint density at radius 2 is 0.679 bits per heavy atom. The van der Waals surface area contributed by atoms with E-state index in [-0.39, 0.29) is 0 Å². The fourth-order valence-electron chi connectivity index (χ4n) is 8.17. The molecule has 0 atom stereocenters. The zero-order valence-electron chi connectivity index (χ0n) is 30.2. The molecule has 7 aromatic carbocycles. The molecule has 0 aliphatic rings. The third kappa shape index (κ3) is 5.04. The van der Waals surface area contributed by atoms with Crippen molar-refractivity contribution in [1.82, 2.24) is 29.1 Å². The topological polar surface area (TPSA) is 61.4 Å². The number of pyridine rings is 1. The summed E-state index contributed by atoms with van der Waals surface area (Å²) in [5, 5.41) is 4.66. The number of hydrogen-bond donors (Lipinski definition) is 0. The standard InChI is InChI=1S/C50H32N6/c1-4-18-33(19-5-1)45-46(55-41-28-14-10-24-36(41)37-25-11-15-29-42(37)55)40(32-51-50(45)56-43-30-16-12-26-38(43)39-27-13-17-31-44(39)56)49-53-47(34-20-6-2-7-21-34)52-48(54-49)35-22-8-3-9-23-35/h1-32H. The van der Waals surface area contributed by atoms with Gasteiger partial charge in [0, 0.05) is 44.4 Å². The van der Waals surface area contributed by atoms with E-state index in [4.69, 9.17) is 19.9 Å². The monoisotopic (exact) mass is 716 g/mol. The molecule has 56 heavy (non-hydrogen) atoms. The van der Waals surface area contributed by atoms with Crippen LogP contribution in [0, 0.1) is 0 Å². The smallest absolute Gasteiger partial charge is 0.167 e. The van der Waals surface area contributed by atoms with Gasteiger partial charge in [0.2, 0.25) is 0 Å². The summed E-state index contributed by atoms with van der Waals surface area (Å²) in [7, 11) is 0. The number of fused-ring (bicyclic) bond motifs is 6. The van der Waals surface area contributed by atoms with Crippen LogP contribution in [-0.2, 0) is 0 Å². The molecule has 11 aromatic rings. The van der Waals surface area contributed by atoms with E-state index in [0.29, 0.717) is 17.5 Å². The lowest BCUT2D eigenvalue weighted by Crippen LogP contribution is -2.10. The first-order chi connectivity index (χ1) is 27.8. The second-order valence-electron chi connectivity index (χ2n) is 13.9. The van der Waals surface area contributed by atoms with Crippen molar-refractivity contribution in [3.8, 4) is 56.8 Å². The van der Waals surface area contributed by atoms with Crippen LogP contribution in [0.15, 0.2) is 194 Å². The van der Waals surface area contributed by atoms with Crippen LogP contribution >= 0.6 is 0 Å². The second-order valence-corrected chi connectivity index (χ2v) is 13.9. The van der Waals surface area contributed by atoms with E-state index < -0.39 is 0 Å². The summed E-state index contributed by atoms with van der Waals surface area (Å²) in [5.74, 6) is 2.54. The SMILES string of the molecule is c1ccc(-c2nc(-c3ccccc3)nc(-c3cnc(-n4c5ccccc5c5ccccc54)c(-c4ccccc4)c3-n3c4ccccc4c4ccccc43)n2)cc1. The highest BCUT2D eigenvalue weighted by Gasteiger charge is 2.27. The van der Waals surface area contributed by atoms with Crippen LogP contribution in [0.5, 0.6) is 0 Å². The van der Waals surface area contributed by atoms with Gasteiger partial charge < -0.3 is 4.57 Å². The molecule has 11 rings (SSSR count). The molecule has 4 heterocycles. The Morgan fingerprint density at radius 1 is 0.321 bits per heavy atom. The summed E-state index contributed by atoms with van der Waals surface area (Å²) in [5.41, 5.74) is 9.84. The molecular formula is C50H32N6. The molecule has 0 saturated carbocycles. The van der Waals surface area contributed by atoms with Crippen LogP contribution in [-0.4, -0.2) is 29.1 Å². The molecular weight excluding hydrogens is 685 g/mol. The van der Waals surface area contributed by atoms with Crippen LogP contribution < -0.4 is 0 Å². The fourth-order valence-corrected chi connectivity index (χ4v) is 8.17. The molecule has 0 bridgehead atoms. The summed E-state index contributed by atoms with van der Waals surface area (Å²) in [6.07, 6.45) is 1.96. The van der Waals surface area contributed by atoms with E-state index in [0.717, 1.165) is 72.2 Å². The number of benzene rings is 7. The van der Waals surface area contributed by atoms with Gasteiger partial charge in [-0.05, 0) is 29.8 Å². The maximum atomic E-state index is 5.46. The average molecular weight is 717 g/mol. The summed E-state index contributed by atoms with van der Waals surface area (Å²) in [6, 6.07) is 65.3. The zero-order chi connectivity index (χ0) is 37.0. The Balaban J connectivity index is 1.34. The first kappa shape index (κ1) is 31.8. The molecule has 262 valence electrons. The minimum absolute atomic E-state index is 0.535. The Bertz CT molecular complexity index is 3070. The molecule has 4 aromatic heterocycles. The van der Waals surface area contributed by atoms with Crippen LogP contribution in [0.25, 0.3) is 100 Å². The minimum Gasteiger partial charge on any atom is -0.308 e. The Hall–Kier alpha value is -7.70. The molecule has 0 aliphatic carbocycles. The Kier molecular flexibility index (Phi) is 7.38. The largest absolute Gasteiger partial charge is 0.308 e. The van der Waals surface area contributed by atoms with E-state index >= 15 is 0 Å². The van der Waals surface area contributed by atoms with Crippen LogP contribution in [0.1, 0.15) is 0 Å². The number of hydrogen-bond acceptors (Lipinski definition) is 4. The summed E-state index contributed by atoms with van der Waals surface area (Å²) < 4.78 is 4.70. The zero-order valence-corrected chi connectivity index (χ0v) is 30.2. The first-order valence-corrected chi connectivity index (χ1v) is 18.7. The van der Waals surface area contributed by atoms with Gasteiger partial charge in [0.25, 0.3) is 0 Å². The lowest BCUT2D eigenvalue weighted by atomic mass is 10.00. The quantitative estimate of drug-likeness (QED) is 0.172. The van der Waals surface area contributed by atoms with E-state index in [1.165, 1.54) is 10.8 Å². The summed E-state index contributed by atoms with van der Waals surface area (Å²) in [6.45, 7) is 0. The number of para-hydroxylation sites is 4. The highest BCUT2D eigenvalue weighted by Crippen LogP contribution is 2.44. The third-order valence-corrected chi connectivity index (χ3v) is 10.6. The van der Waals surface area contributed by atoms with Crippen molar-refractivity contribution in [1.29, 1.82) is 0 Å². The number of aromatic nitrogens is 6. The Labute approximate surface area is 322 Å². The molecule has 0 unspecified atom stereocenters. The lowest BCUT2D eigenvalue weighted by Gasteiger charge is -2.22. The van der Waals surface area contributed by atoms with Crippen LogP contribution in [0.3, 0.4) is 0 Å². The maximum Gasteiger partial charge on any atom is 0.167 e. The summed E-state index contributed by atoms with van der Waals surface area (Å²) >= 11 is 0. The maximum absolute atomic E-state index is 5.46. The number of nitrogens with zero attached hydrogens (tertiary/aromatic N) is 6. The van der Waals surface area contributed by atoms with Crippen LogP contribution in [0.4, 0.5) is 0 Å². The molecule has 0 radical (unpaired) electrons. The molecule has 0 amide bonds. The van der Waals surface area contributed by atoms with E-state index in [1.807, 2.05) is 66.9 Å². The molecule has 6 nitrogen and oxygen atoms in total. The summed E-state index contributed by atoms with van der Waals surface area (Å²) in [4.78, 5) is 21.1. The molecule has 0 fully saturated rings. The molecule has 0 saturated heterocycles. The second kappa shape index (κ2) is 13.0. The predicted molar refractivity (Wildman–Crippen MR) is 228 cm³/mol. The van der Waals surface area contributed by atoms with E-state index in [1.54, 1.807) is 0 Å². The van der Waals surface area contributed by atoms with Crippen molar-refractivity contribution in [2.24, 2.45) is 0 Å². The van der Waals surface area contributed by atoms with Gasteiger partial charge in [-0.1, -0.05) is 164 Å². The van der Waals surface area contributed by atoms with Gasteiger partial charge in [-0.25, -0.2) is 19.9 Å². The number of rotatable bonds is 6. The van der Waals surface area contributed by atoms with Crippen molar-refractivity contribution >= 4 is 43.6 Å². The van der Waals surface area contributed by atoms with Crippen molar-refractivity contribution in [2.75, 3.05) is 0 Å². The van der Waals surface area contributed by atoms with Crippen molar-refractivity contribution in [2.45, 2.75) is 0 Å². The fraction of sp³-hybridized carbons (Fsp3) is 0. The minimum atomic E-state index is 0.535.